The Labute approximate surface area is 78.0 Å². The van der Waals surface area contributed by atoms with Crippen LogP contribution in [0.5, 0.6) is 0 Å². The van der Waals surface area contributed by atoms with Crippen molar-refractivity contribution in [3.8, 4) is 0 Å². The molecule has 2 nitrogen and oxygen atoms in total. The molecule has 1 saturated carbocycles. The summed E-state index contributed by atoms with van der Waals surface area (Å²) in [5, 5.41) is 0. The molecule has 70 valence electrons. The maximum atomic E-state index is 11.5. The van der Waals surface area contributed by atoms with Crippen LogP contribution in [0.3, 0.4) is 0 Å². The first-order chi connectivity index (χ1) is 6.11. The van der Waals surface area contributed by atoms with Gasteiger partial charge in [-0.3, -0.25) is 9.59 Å². The van der Waals surface area contributed by atoms with E-state index in [4.69, 9.17) is 0 Å². The van der Waals surface area contributed by atoms with Gasteiger partial charge < -0.3 is 0 Å². The third kappa shape index (κ3) is 1.16. The Bertz CT molecular complexity index is 290. The first kappa shape index (κ1) is 8.67. The fourth-order valence-electron chi connectivity index (χ4n) is 2.59. The van der Waals surface area contributed by atoms with E-state index >= 15 is 0 Å². The Morgan fingerprint density at radius 3 is 2.62 bits per heavy atom. The lowest BCUT2D eigenvalue weighted by atomic mass is 9.76. The molecule has 0 aliphatic heterocycles. The van der Waals surface area contributed by atoms with E-state index in [2.05, 4.69) is 6.92 Å². The molecular formula is C11H14O2. The minimum Gasteiger partial charge on any atom is -0.299 e. The summed E-state index contributed by atoms with van der Waals surface area (Å²) in [4.78, 5) is 23.0. The highest BCUT2D eigenvalue weighted by atomic mass is 16.1. The number of carbonyl (C=O) groups excluding carboxylic acids is 2. The van der Waals surface area contributed by atoms with Crippen LogP contribution in [0, 0.1) is 23.7 Å². The van der Waals surface area contributed by atoms with Crippen molar-refractivity contribution in [2.24, 2.45) is 23.7 Å². The molecule has 0 spiro atoms. The van der Waals surface area contributed by atoms with Crippen LogP contribution in [0.1, 0.15) is 20.3 Å². The number of hydrogen-bond acceptors (Lipinski definition) is 2. The van der Waals surface area contributed by atoms with E-state index in [0.717, 1.165) is 0 Å². The Morgan fingerprint density at radius 1 is 1.31 bits per heavy atom. The Morgan fingerprint density at radius 2 is 2.00 bits per heavy atom. The topological polar surface area (TPSA) is 34.1 Å². The maximum Gasteiger partial charge on any atom is 0.159 e. The average molecular weight is 178 g/mol. The Kier molecular flexibility index (Phi) is 1.86. The smallest absolute Gasteiger partial charge is 0.159 e. The van der Waals surface area contributed by atoms with E-state index in [9.17, 15) is 9.59 Å². The molecule has 2 rings (SSSR count). The van der Waals surface area contributed by atoms with Crippen LogP contribution in [0.4, 0.5) is 0 Å². The summed E-state index contributed by atoms with van der Waals surface area (Å²) in [6.07, 6.45) is 4.19. The maximum absolute atomic E-state index is 11.5. The second-order valence-electron chi connectivity index (χ2n) is 4.27. The molecule has 0 bridgehead atoms. The fraction of sp³-hybridized carbons (Fsp3) is 0.636. The average Bonchev–Trinajstić information content (AvgIpc) is 2.38. The van der Waals surface area contributed by atoms with Crippen molar-refractivity contribution >= 4 is 11.6 Å². The summed E-state index contributed by atoms with van der Waals surface area (Å²) in [6.45, 7) is 3.97. The summed E-state index contributed by atoms with van der Waals surface area (Å²) in [6, 6.07) is 0. The van der Waals surface area contributed by atoms with Crippen molar-refractivity contribution < 1.29 is 9.59 Å². The highest BCUT2D eigenvalue weighted by molar-refractivity contribution is 5.99. The summed E-state index contributed by atoms with van der Waals surface area (Å²) in [5.41, 5.74) is 0. The van der Waals surface area contributed by atoms with Crippen molar-refractivity contribution in [2.45, 2.75) is 20.3 Å². The SMILES string of the molecule is CC1C=CC(=O)C2C(C)C(=O)CC12. The highest BCUT2D eigenvalue weighted by Gasteiger charge is 2.46. The molecule has 0 radical (unpaired) electrons. The van der Waals surface area contributed by atoms with Crippen molar-refractivity contribution in [3.63, 3.8) is 0 Å². The molecule has 4 unspecified atom stereocenters. The van der Waals surface area contributed by atoms with Crippen LogP contribution in [-0.4, -0.2) is 11.6 Å². The van der Waals surface area contributed by atoms with Gasteiger partial charge in [0.1, 0.15) is 5.78 Å². The molecule has 2 aliphatic carbocycles. The Hall–Kier alpha value is -0.920. The minimum absolute atomic E-state index is 0.0208. The number of Topliss-reactive ketones (excluding diaryl/α,β-unsaturated/α-hetero) is 1. The molecular weight excluding hydrogens is 164 g/mol. The number of hydrogen-bond donors (Lipinski definition) is 0. The monoisotopic (exact) mass is 178 g/mol. The number of ketones is 2. The van der Waals surface area contributed by atoms with E-state index in [1.165, 1.54) is 0 Å². The van der Waals surface area contributed by atoms with Gasteiger partial charge in [0, 0.05) is 18.3 Å². The molecule has 0 amide bonds. The molecule has 0 heterocycles. The van der Waals surface area contributed by atoms with E-state index in [1.807, 2.05) is 13.0 Å². The zero-order valence-electron chi connectivity index (χ0n) is 7.99. The number of carbonyl (C=O) groups is 2. The van der Waals surface area contributed by atoms with Gasteiger partial charge in [0.05, 0.1) is 0 Å². The van der Waals surface area contributed by atoms with Gasteiger partial charge >= 0.3 is 0 Å². The quantitative estimate of drug-likeness (QED) is 0.564. The first-order valence-corrected chi connectivity index (χ1v) is 4.86. The molecule has 0 aromatic rings. The van der Waals surface area contributed by atoms with Crippen molar-refractivity contribution in [3.05, 3.63) is 12.2 Å². The standard InChI is InChI=1S/C11H14O2/c1-6-3-4-9(12)11-7(2)10(13)5-8(6)11/h3-4,6-8,11H,5H2,1-2H3. The zero-order valence-corrected chi connectivity index (χ0v) is 7.99. The van der Waals surface area contributed by atoms with Crippen molar-refractivity contribution in [2.75, 3.05) is 0 Å². The van der Waals surface area contributed by atoms with Crippen molar-refractivity contribution in [1.82, 2.24) is 0 Å². The predicted molar refractivity (Wildman–Crippen MR) is 49.1 cm³/mol. The second kappa shape index (κ2) is 2.79. The van der Waals surface area contributed by atoms with Crippen LogP contribution in [0.2, 0.25) is 0 Å². The third-order valence-corrected chi connectivity index (χ3v) is 3.51. The zero-order chi connectivity index (χ0) is 9.59. The van der Waals surface area contributed by atoms with Gasteiger partial charge in [0.2, 0.25) is 0 Å². The third-order valence-electron chi connectivity index (χ3n) is 3.51. The van der Waals surface area contributed by atoms with E-state index in [0.29, 0.717) is 12.3 Å². The van der Waals surface area contributed by atoms with Gasteiger partial charge in [-0.1, -0.05) is 19.9 Å². The van der Waals surface area contributed by atoms with E-state index in [1.54, 1.807) is 6.08 Å². The van der Waals surface area contributed by atoms with Gasteiger partial charge in [0.15, 0.2) is 5.78 Å². The lowest BCUT2D eigenvalue weighted by molar-refractivity contribution is -0.125. The van der Waals surface area contributed by atoms with Gasteiger partial charge in [-0.05, 0) is 17.9 Å². The highest BCUT2D eigenvalue weighted by Crippen LogP contribution is 2.42. The van der Waals surface area contributed by atoms with Gasteiger partial charge in [-0.15, -0.1) is 0 Å². The van der Waals surface area contributed by atoms with Crippen LogP contribution in [0.15, 0.2) is 12.2 Å². The van der Waals surface area contributed by atoms with E-state index < -0.39 is 0 Å². The van der Waals surface area contributed by atoms with Gasteiger partial charge in [-0.2, -0.15) is 0 Å². The molecule has 4 atom stereocenters. The summed E-state index contributed by atoms with van der Waals surface area (Å²) in [7, 11) is 0. The molecule has 13 heavy (non-hydrogen) atoms. The first-order valence-electron chi connectivity index (χ1n) is 4.86. The van der Waals surface area contributed by atoms with Gasteiger partial charge in [0.25, 0.3) is 0 Å². The van der Waals surface area contributed by atoms with Crippen LogP contribution >= 0.6 is 0 Å². The number of fused-ring (bicyclic) bond motifs is 1. The van der Waals surface area contributed by atoms with Crippen LogP contribution in [-0.2, 0) is 9.59 Å². The Balaban J connectivity index is 2.34. The molecule has 0 aromatic carbocycles. The molecule has 1 fully saturated rings. The fourth-order valence-corrected chi connectivity index (χ4v) is 2.59. The summed E-state index contributed by atoms with van der Waals surface area (Å²) < 4.78 is 0. The lowest BCUT2D eigenvalue weighted by Gasteiger charge is -2.26. The summed E-state index contributed by atoms with van der Waals surface area (Å²) in [5.74, 6) is 1.01. The second-order valence-corrected chi connectivity index (χ2v) is 4.27. The van der Waals surface area contributed by atoms with Crippen molar-refractivity contribution in [1.29, 1.82) is 0 Å². The predicted octanol–water partition coefficient (Wildman–Crippen LogP) is 1.60. The molecule has 2 heteroatoms. The number of allylic oxidation sites excluding steroid dienone is 2. The minimum atomic E-state index is -0.0510. The van der Waals surface area contributed by atoms with Crippen LogP contribution in [0.25, 0.3) is 0 Å². The summed E-state index contributed by atoms with van der Waals surface area (Å²) >= 11 is 0. The van der Waals surface area contributed by atoms with Gasteiger partial charge in [-0.25, -0.2) is 0 Å². The molecule has 2 aliphatic rings. The molecule has 0 aromatic heterocycles. The van der Waals surface area contributed by atoms with Crippen LogP contribution < -0.4 is 0 Å². The van der Waals surface area contributed by atoms with E-state index in [-0.39, 0.29) is 29.3 Å². The molecule has 0 N–H and O–H groups in total. The molecule has 0 saturated heterocycles. The lowest BCUT2D eigenvalue weighted by Crippen LogP contribution is -2.29. The normalized spacial score (nSPS) is 43.8. The number of rotatable bonds is 0. The largest absolute Gasteiger partial charge is 0.299 e.